The van der Waals surface area contributed by atoms with Crippen LogP contribution in [0.3, 0.4) is 0 Å². The molecule has 0 aromatic rings. The molecule has 2 fully saturated rings. The molecule has 98 valence electrons. The van der Waals surface area contributed by atoms with Crippen molar-refractivity contribution in [2.24, 2.45) is 17.8 Å². The molecule has 0 aromatic heterocycles. The number of nitrogens with one attached hydrogen (secondary N) is 2. The summed E-state index contributed by atoms with van der Waals surface area (Å²) in [5.74, 6) is 2.82. The number of rotatable bonds is 7. The van der Waals surface area contributed by atoms with Crippen LogP contribution in [0.2, 0.25) is 0 Å². The van der Waals surface area contributed by atoms with Crippen LogP contribution in [0.5, 0.6) is 0 Å². The largest absolute Gasteiger partial charge is 0.383 e. The van der Waals surface area contributed by atoms with E-state index in [-0.39, 0.29) is 5.91 Å². The lowest BCUT2D eigenvalue weighted by Gasteiger charge is -2.21. The van der Waals surface area contributed by atoms with E-state index in [4.69, 9.17) is 4.74 Å². The molecule has 0 aliphatic heterocycles. The summed E-state index contributed by atoms with van der Waals surface area (Å²) in [6.07, 6.45) is 5.67. The van der Waals surface area contributed by atoms with Crippen LogP contribution in [0.25, 0.3) is 0 Å². The maximum Gasteiger partial charge on any atom is 0.234 e. The monoisotopic (exact) mass is 240 g/mol. The van der Waals surface area contributed by atoms with Crippen LogP contribution < -0.4 is 10.6 Å². The van der Waals surface area contributed by atoms with Gasteiger partial charge in [0, 0.05) is 13.7 Å². The lowest BCUT2D eigenvalue weighted by Crippen LogP contribution is -2.38. The molecule has 0 saturated heterocycles. The Morgan fingerprint density at radius 1 is 1.35 bits per heavy atom. The van der Waals surface area contributed by atoms with Gasteiger partial charge >= 0.3 is 0 Å². The Morgan fingerprint density at radius 2 is 2.24 bits per heavy atom. The van der Waals surface area contributed by atoms with E-state index in [1.807, 2.05) is 0 Å². The van der Waals surface area contributed by atoms with Crippen LogP contribution in [0.4, 0.5) is 0 Å². The molecule has 2 rings (SSSR count). The summed E-state index contributed by atoms with van der Waals surface area (Å²) in [7, 11) is 1.64. The third kappa shape index (κ3) is 3.68. The minimum Gasteiger partial charge on any atom is -0.383 e. The maximum absolute atomic E-state index is 11.4. The molecular weight excluding hydrogens is 216 g/mol. The van der Waals surface area contributed by atoms with E-state index >= 15 is 0 Å². The van der Waals surface area contributed by atoms with Gasteiger partial charge in [0.15, 0.2) is 0 Å². The molecular formula is C13H24N2O2. The highest BCUT2D eigenvalue weighted by molar-refractivity contribution is 5.77. The molecule has 1 amide bonds. The molecule has 0 radical (unpaired) electrons. The maximum atomic E-state index is 11.4. The number of fused-ring (bicyclic) bond motifs is 2. The quantitative estimate of drug-likeness (QED) is 0.646. The summed E-state index contributed by atoms with van der Waals surface area (Å²) < 4.78 is 4.88. The molecule has 2 aliphatic rings. The smallest absolute Gasteiger partial charge is 0.234 e. The molecule has 0 aromatic carbocycles. The van der Waals surface area contributed by atoms with Gasteiger partial charge in [-0.1, -0.05) is 6.42 Å². The van der Waals surface area contributed by atoms with Crippen molar-refractivity contribution >= 4 is 5.91 Å². The lowest BCUT2D eigenvalue weighted by molar-refractivity contribution is -0.120. The van der Waals surface area contributed by atoms with E-state index in [9.17, 15) is 4.79 Å². The standard InChI is InChI=1S/C13H24N2O2/c1-17-5-4-15-13(16)9-14-8-12-7-10-2-3-11(12)6-10/h10-12,14H,2-9H2,1H3,(H,15,16). The van der Waals surface area contributed by atoms with Gasteiger partial charge in [-0.25, -0.2) is 0 Å². The van der Waals surface area contributed by atoms with E-state index < -0.39 is 0 Å². The minimum atomic E-state index is 0.0743. The summed E-state index contributed by atoms with van der Waals surface area (Å²) in [6, 6.07) is 0. The number of hydrogen-bond donors (Lipinski definition) is 2. The summed E-state index contributed by atoms with van der Waals surface area (Å²) in [5.41, 5.74) is 0. The van der Waals surface area contributed by atoms with Crippen molar-refractivity contribution in [3.63, 3.8) is 0 Å². The summed E-state index contributed by atoms with van der Waals surface area (Å²) in [4.78, 5) is 11.4. The lowest BCUT2D eigenvalue weighted by atomic mass is 9.89. The Labute approximate surface area is 103 Å². The van der Waals surface area contributed by atoms with Gasteiger partial charge in [-0.15, -0.1) is 0 Å². The van der Waals surface area contributed by atoms with Crippen LogP contribution in [-0.2, 0) is 9.53 Å². The Hall–Kier alpha value is -0.610. The first-order valence-corrected chi connectivity index (χ1v) is 6.76. The highest BCUT2D eigenvalue weighted by atomic mass is 16.5. The molecule has 3 atom stereocenters. The van der Waals surface area contributed by atoms with Gasteiger partial charge < -0.3 is 15.4 Å². The van der Waals surface area contributed by atoms with Gasteiger partial charge in [-0.05, 0) is 43.6 Å². The predicted molar refractivity (Wildman–Crippen MR) is 66.7 cm³/mol. The first-order valence-electron chi connectivity index (χ1n) is 6.76. The third-order valence-corrected chi connectivity index (χ3v) is 4.20. The Bertz CT molecular complexity index is 258. The highest BCUT2D eigenvalue weighted by Gasteiger charge is 2.38. The number of carbonyl (C=O) groups is 1. The summed E-state index contributed by atoms with van der Waals surface area (Å²) >= 11 is 0. The normalized spacial score (nSPS) is 30.8. The molecule has 0 spiro atoms. The van der Waals surface area contributed by atoms with Gasteiger partial charge in [0.2, 0.25) is 5.91 Å². The van der Waals surface area contributed by atoms with Crippen molar-refractivity contribution < 1.29 is 9.53 Å². The Morgan fingerprint density at radius 3 is 2.88 bits per heavy atom. The number of hydrogen-bond acceptors (Lipinski definition) is 3. The van der Waals surface area contributed by atoms with E-state index in [2.05, 4.69) is 10.6 Å². The molecule has 4 nitrogen and oxygen atoms in total. The van der Waals surface area contributed by atoms with Gasteiger partial charge in [0.05, 0.1) is 13.2 Å². The van der Waals surface area contributed by atoms with Crippen LogP contribution >= 0.6 is 0 Å². The molecule has 2 saturated carbocycles. The number of ether oxygens (including phenoxy) is 1. The molecule has 2 aliphatic carbocycles. The van der Waals surface area contributed by atoms with Gasteiger partial charge in [0.25, 0.3) is 0 Å². The average molecular weight is 240 g/mol. The molecule has 17 heavy (non-hydrogen) atoms. The Kier molecular flexibility index (Phi) is 4.80. The van der Waals surface area contributed by atoms with Gasteiger partial charge in [-0.2, -0.15) is 0 Å². The van der Waals surface area contributed by atoms with Crippen molar-refractivity contribution in [3.8, 4) is 0 Å². The van der Waals surface area contributed by atoms with Crippen LogP contribution in [0, 0.1) is 17.8 Å². The number of carbonyl (C=O) groups excluding carboxylic acids is 1. The van der Waals surface area contributed by atoms with Crippen molar-refractivity contribution in [2.75, 3.05) is 33.4 Å². The van der Waals surface area contributed by atoms with Crippen LogP contribution in [-0.4, -0.2) is 39.3 Å². The fourth-order valence-electron chi connectivity index (χ4n) is 3.35. The second kappa shape index (κ2) is 6.36. The fourth-order valence-corrected chi connectivity index (χ4v) is 3.35. The zero-order valence-corrected chi connectivity index (χ0v) is 10.7. The van der Waals surface area contributed by atoms with Crippen molar-refractivity contribution in [3.05, 3.63) is 0 Å². The topological polar surface area (TPSA) is 50.4 Å². The third-order valence-electron chi connectivity index (χ3n) is 4.20. The average Bonchev–Trinajstić information content (AvgIpc) is 2.91. The SMILES string of the molecule is COCCNC(=O)CNCC1CC2CCC1C2. The zero-order chi connectivity index (χ0) is 12.1. The second-order valence-electron chi connectivity index (χ2n) is 5.41. The van der Waals surface area contributed by atoms with Crippen molar-refractivity contribution in [2.45, 2.75) is 25.7 Å². The van der Waals surface area contributed by atoms with E-state index in [1.54, 1.807) is 7.11 Å². The summed E-state index contributed by atoms with van der Waals surface area (Å²) in [6.45, 7) is 2.64. The molecule has 0 heterocycles. The molecule has 2 bridgehead atoms. The van der Waals surface area contributed by atoms with Crippen molar-refractivity contribution in [1.29, 1.82) is 0 Å². The molecule has 4 heteroatoms. The first-order chi connectivity index (χ1) is 8.29. The number of amides is 1. The van der Waals surface area contributed by atoms with Gasteiger partial charge in [0.1, 0.15) is 0 Å². The number of methoxy groups -OCH3 is 1. The fraction of sp³-hybridized carbons (Fsp3) is 0.923. The van der Waals surface area contributed by atoms with E-state index in [1.165, 1.54) is 25.7 Å². The highest BCUT2D eigenvalue weighted by Crippen LogP contribution is 2.47. The van der Waals surface area contributed by atoms with E-state index in [0.29, 0.717) is 19.7 Å². The molecule has 2 N–H and O–H groups in total. The Balaban J connectivity index is 1.52. The zero-order valence-electron chi connectivity index (χ0n) is 10.7. The second-order valence-corrected chi connectivity index (χ2v) is 5.41. The van der Waals surface area contributed by atoms with Crippen LogP contribution in [0.15, 0.2) is 0 Å². The minimum absolute atomic E-state index is 0.0743. The van der Waals surface area contributed by atoms with E-state index in [0.717, 1.165) is 24.3 Å². The van der Waals surface area contributed by atoms with Gasteiger partial charge in [-0.3, -0.25) is 4.79 Å². The molecule has 3 unspecified atom stereocenters. The summed E-state index contributed by atoms with van der Waals surface area (Å²) in [5, 5.41) is 6.10. The first kappa shape index (κ1) is 12.8. The van der Waals surface area contributed by atoms with Crippen molar-refractivity contribution in [1.82, 2.24) is 10.6 Å². The van der Waals surface area contributed by atoms with Crippen LogP contribution in [0.1, 0.15) is 25.7 Å². The predicted octanol–water partition coefficient (Wildman–Crippen LogP) is 0.775.